The van der Waals surface area contributed by atoms with Gasteiger partial charge in [-0.05, 0) is 66.6 Å². The van der Waals surface area contributed by atoms with Gasteiger partial charge in [-0.3, -0.25) is 4.79 Å². The van der Waals surface area contributed by atoms with Gasteiger partial charge < -0.3 is 10.1 Å². The number of fused-ring (bicyclic) bond motifs is 1. The molecular formula is C22H19ClN4O2. The van der Waals surface area contributed by atoms with Crippen molar-refractivity contribution in [1.29, 1.82) is 0 Å². The molecule has 0 fully saturated rings. The second-order valence-electron chi connectivity index (χ2n) is 6.69. The summed E-state index contributed by atoms with van der Waals surface area (Å²) in [5, 5.41) is 12.7. The zero-order valence-electron chi connectivity index (χ0n) is 16.0. The van der Waals surface area contributed by atoms with E-state index in [9.17, 15) is 4.79 Å². The van der Waals surface area contributed by atoms with E-state index in [4.69, 9.17) is 16.3 Å². The van der Waals surface area contributed by atoms with E-state index in [1.807, 2.05) is 55.5 Å². The van der Waals surface area contributed by atoms with Crippen molar-refractivity contribution in [3.05, 3.63) is 76.8 Å². The number of hydrogen-bond acceptors (Lipinski definition) is 4. The number of anilines is 1. The number of methoxy groups -OCH3 is 1. The molecule has 1 aromatic heterocycles. The Morgan fingerprint density at radius 2 is 1.69 bits per heavy atom. The standard InChI is InChI=1S/C22H19ClN4O2/c1-14-11-20-21(26-27(25-20)17-7-9-18(29-2)10-8-17)13-19(14)24-22(28)12-15-3-5-16(23)6-4-15/h3-11,13H,12H2,1-2H3,(H,24,28). The summed E-state index contributed by atoms with van der Waals surface area (Å²) < 4.78 is 5.18. The lowest BCUT2D eigenvalue weighted by Crippen LogP contribution is -2.15. The molecule has 1 amide bonds. The van der Waals surface area contributed by atoms with Crippen LogP contribution in [-0.2, 0) is 11.2 Å². The summed E-state index contributed by atoms with van der Waals surface area (Å²) in [7, 11) is 1.63. The minimum Gasteiger partial charge on any atom is -0.497 e. The van der Waals surface area contributed by atoms with Gasteiger partial charge >= 0.3 is 0 Å². The van der Waals surface area contributed by atoms with E-state index in [0.717, 1.165) is 33.8 Å². The van der Waals surface area contributed by atoms with Crippen LogP contribution in [0, 0.1) is 6.92 Å². The quantitative estimate of drug-likeness (QED) is 0.527. The summed E-state index contributed by atoms with van der Waals surface area (Å²) in [6.45, 7) is 1.93. The van der Waals surface area contributed by atoms with Crippen molar-refractivity contribution in [2.24, 2.45) is 0 Å². The molecule has 0 saturated heterocycles. The van der Waals surface area contributed by atoms with E-state index in [-0.39, 0.29) is 12.3 Å². The van der Waals surface area contributed by atoms with Gasteiger partial charge in [-0.15, -0.1) is 10.2 Å². The first-order valence-electron chi connectivity index (χ1n) is 9.08. The Morgan fingerprint density at radius 1 is 1.03 bits per heavy atom. The normalized spacial score (nSPS) is 10.9. The number of benzene rings is 3. The number of carbonyl (C=O) groups excluding carboxylic acids is 1. The van der Waals surface area contributed by atoms with E-state index in [2.05, 4.69) is 15.5 Å². The van der Waals surface area contributed by atoms with E-state index in [0.29, 0.717) is 10.5 Å². The van der Waals surface area contributed by atoms with E-state index in [1.165, 1.54) is 0 Å². The first kappa shape index (κ1) is 19.0. The summed E-state index contributed by atoms with van der Waals surface area (Å²) >= 11 is 5.89. The molecule has 0 atom stereocenters. The van der Waals surface area contributed by atoms with Gasteiger partial charge in [0.15, 0.2) is 0 Å². The molecule has 4 rings (SSSR count). The first-order valence-corrected chi connectivity index (χ1v) is 9.46. The molecule has 6 nitrogen and oxygen atoms in total. The fourth-order valence-electron chi connectivity index (χ4n) is 3.02. The van der Waals surface area contributed by atoms with Gasteiger partial charge in [-0.1, -0.05) is 23.7 Å². The topological polar surface area (TPSA) is 69.0 Å². The maximum Gasteiger partial charge on any atom is 0.228 e. The molecule has 29 heavy (non-hydrogen) atoms. The van der Waals surface area contributed by atoms with Gasteiger partial charge in [0, 0.05) is 10.7 Å². The lowest BCUT2D eigenvalue weighted by molar-refractivity contribution is -0.115. The fourth-order valence-corrected chi connectivity index (χ4v) is 3.14. The number of ether oxygens (including phenoxy) is 1. The lowest BCUT2D eigenvalue weighted by Gasteiger charge is -2.08. The average molecular weight is 407 g/mol. The number of nitrogens with zero attached hydrogens (tertiary/aromatic N) is 3. The van der Waals surface area contributed by atoms with Crippen LogP contribution in [0.25, 0.3) is 16.7 Å². The molecule has 3 aromatic carbocycles. The van der Waals surface area contributed by atoms with Crippen LogP contribution in [0.15, 0.2) is 60.7 Å². The molecule has 1 N–H and O–H groups in total. The number of rotatable bonds is 5. The largest absolute Gasteiger partial charge is 0.497 e. The van der Waals surface area contributed by atoms with Crippen molar-refractivity contribution in [2.75, 3.05) is 12.4 Å². The van der Waals surface area contributed by atoms with Crippen molar-refractivity contribution >= 4 is 34.2 Å². The van der Waals surface area contributed by atoms with Crippen molar-refractivity contribution in [3.8, 4) is 11.4 Å². The Bertz CT molecular complexity index is 1170. The number of aromatic nitrogens is 3. The van der Waals surface area contributed by atoms with Crippen molar-refractivity contribution in [2.45, 2.75) is 13.3 Å². The van der Waals surface area contributed by atoms with Gasteiger partial charge in [0.1, 0.15) is 16.8 Å². The Kier molecular flexibility index (Phi) is 5.18. The zero-order valence-corrected chi connectivity index (χ0v) is 16.8. The Morgan fingerprint density at radius 3 is 2.34 bits per heavy atom. The van der Waals surface area contributed by atoms with Crippen LogP contribution in [0.5, 0.6) is 5.75 Å². The maximum absolute atomic E-state index is 12.4. The van der Waals surface area contributed by atoms with Gasteiger partial charge in [0.05, 0.1) is 19.2 Å². The summed E-state index contributed by atoms with van der Waals surface area (Å²) in [4.78, 5) is 14.0. The molecule has 0 spiro atoms. The highest BCUT2D eigenvalue weighted by atomic mass is 35.5. The molecule has 4 aromatic rings. The second kappa shape index (κ2) is 7.93. The second-order valence-corrected chi connectivity index (χ2v) is 7.13. The monoisotopic (exact) mass is 406 g/mol. The fraction of sp³-hybridized carbons (Fsp3) is 0.136. The van der Waals surface area contributed by atoms with Gasteiger partial charge in [0.2, 0.25) is 5.91 Å². The third kappa shape index (κ3) is 4.22. The molecule has 0 aliphatic rings. The Balaban J connectivity index is 1.56. The van der Waals surface area contributed by atoms with E-state index < -0.39 is 0 Å². The molecule has 0 bridgehead atoms. The van der Waals surface area contributed by atoms with Crippen molar-refractivity contribution in [1.82, 2.24) is 15.0 Å². The van der Waals surface area contributed by atoms with Gasteiger partial charge in [-0.2, -0.15) is 4.80 Å². The average Bonchev–Trinajstić information content (AvgIpc) is 3.12. The molecule has 146 valence electrons. The third-order valence-electron chi connectivity index (χ3n) is 4.58. The lowest BCUT2D eigenvalue weighted by atomic mass is 10.1. The van der Waals surface area contributed by atoms with Crippen molar-refractivity contribution < 1.29 is 9.53 Å². The molecule has 0 saturated carbocycles. The van der Waals surface area contributed by atoms with E-state index >= 15 is 0 Å². The molecule has 0 aliphatic carbocycles. The Labute approximate surface area is 173 Å². The van der Waals surface area contributed by atoms with Crippen LogP contribution < -0.4 is 10.1 Å². The maximum atomic E-state index is 12.4. The molecular weight excluding hydrogens is 388 g/mol. The number of carbonyl (C=O) groups is 1. The number of amides is 1. The van der Waals surface area contributed by atoms with Crippen LogP contribution in [0.3, 0.4) is 0 Å². The molecule has 7 heteroatoms. The number of aryl methyl sites for hydroxylation is 1. The summed E-state index contributed by atoms with van der Waals surface area (Å²) in [6, 6.07) is 18.5. The molecule has 0 radical (unpaired) electrons. The minimum atomic E-state index is -0.0997. The van der Waals surface area contributed by atoms with Crippen molar-refractivity contribution in [3.63, 3.8) is 0 Å². The number of nitrogens with one attached hydrogen (secondary N) is 1. The SMILES string of the molecule is COc1ccc(-n2nc3cc(C)c(NC(=O)Cc4ccc(Cl)cc4)cc3n2)cc1. The number of hydrogen-bond donors (Lipinski definition) is 1. The van der Waals surface area contributed by atoms with Crippen LogP contribution in [0.4, 0.5) is 5.69 Å². The van der Waals surface area contributed by atoms with Crippen LogP contribution in [0.1, 0.15) is 11.1 Å². The van der Waals surface area contributed by atoms with Gasteiger partial charge in [0.25, 0.3) is 0 Å². The first-order chi connectivity index (χ1) is 14.0. The molecule has 1 heterocycles. The third-order valence-corrected chi connectivity index (χ3v) is 4.83. The van der Waals surface area contributed by atoms with Crippen LogP contribution >= 0.6 is 11.6 Å². The van der Waals surface area contributed by atoms with E-state index in [1.54, 1.807) is 24.0 Å². The Hall–Kier alpha value is -3.38. The summed E-state index contributed by atoms with van der Waals surface area (Å²) in [5.41, 5.74) is 4.83. The highest BCUT2D eigenvalue weighted by Gasteiger charge is 2.11. The van der Waals surface area contributed by atoms with Gasteiger partial charge in [-0.25, -0.2) is 0 Å². The molecule has 0 aliphatic heterocycles. The summed E-state index contributed by atoms with van der Waals surface area (Å²) in [6.07, 6.45) is 0.271. The highest BCUT2D eigenvalue weighted by Crippen LogP contribution is 2.23. The zero-order chi connectivity index (χ0) is 20.4. The molecule has 0 unspecified atom stereocenters. The minimum absolute atomic E-state index is 0.0997. The predicted octanol–water partition coefficient (Wildman–Crippen LogP) is 4.57. The van der Waals surface area contributed by atoms with Crippen LogP contribution in [-0.4, -0.2) is 28.0 Å². The summed E-state index contributed by atoms with van der Waals surface area (Å²) in [5.74, 6) is 0.671. The smallest absolute Gasteiger partial charge is 0.228 e. The predicted molar refractivity (Wildman–Crippen MR) is 114 cm³/mol. The highest BCUT2D eigenvalue weighted by molar-refractivity contribution is 6.30. The van der Waals surface area contributed by atoms with Crippen LogP contribution in [0.2, 0.25) is 5.02 Å². The number of halogens is 1.